The Hall–Kier alpha value is -1.62. The van der Waals surface area contributed by atoms with Crippen LogP contribution in [0.5, 0.6) is 0 Å². The molecule has 1 atom stereocenters. The first-order valence-electron chi connectivity index (χ1n) is 6.68. The summed E-state index contributed by atoms with van der Waals surface area (Å²) < 4.78 is 18.6. The molecule has 1 N–H and O–H groups in total. The molecule has 0 saturated heterocycles. The molecule has 0 bridgehead atoms. The number of halogens is 1. The Morgan fingerprint density at radius 1 is 1.45 bits per heavy atom. The highest BCUT2D eigenvalue weighted by atomic mass is 19.1. The summed E-state index contributed by atoms with van der Waals surface area (Å²) in [6.07, 6.45) is -0.0189. The van der Waals surface area contributed by atoms with E-state index >= 15 is 0 Å². The van der Waals surface area contributed by atoms with Crippen LogP contribution in [0.15, 0.2) is 18.2 Å². The quantitative estimate of drug-likeness (QED) is 0.860. The average Bonchev–Trinajstić information content (AvgIpc) is 2.34. The SMILES string of the molecule is CC(C)(C)OC(=O)N1Cc2ccc(F)cc2C[C@H]1CO. The van der Waals surface area contributed by atoms with Gasteiger partial charge in [-0.3, -0.25) is 4.90 Å². The van der Waals surface area contributed by atoms with Gasteiger partial charge in [0, 0.05) is 6.54 Å². The van der Waals surface area contributed by atoms with E-state index in [-0.39, 0.29) is 18.5 Å². The van der Waals surface area contributed by atoms with Gasteiger partial charge in [-0.25, -0.2) is 9.18 Å². The van der Waals surface area contributed by atoms with Crippen LogP contribution >= 0.6 is 0 Å². The molecule has 1 aromatic rings. The van der Waals surface area contributed by atoms with Gasteiger partial charge in [-0.05, 0) is 50.5 Å². The lowest BCUT2D eigenvalue weighted by atomic mass is 9.94. The van der Waals surface area contributed by atoms with Crippen molar-refractivity contribution < 1.29 is 19.0 Å². The molecule has 0 unspecified atom stereocenters. The van der Waals surface area contributed by atoms with E-state index in [1.807, 2.05) is 0 Å². The molecule has 2 rings (SSSR count). The monoisotopic (exact) mass is 281 g/mol. The van der Waals surface area contributed by atoms with Gasteiger partial charge in [0.05, 0.1) is 12.6 Å². The summed E-state index contributed by atoms with van der Waals surface area (Å²) in [6, 6.07) is 4.14. The van der Waals surface area contributed by atoms with Crippen molar-refractivity contribution in [2.75, 3.05) is 6.61 Å². The van der Waals surface area contributed by atoms with E-state index < -0.39 is 11.7 Å². The minimum Gasteiger partial charge on any atom is -0.444 e. The number of aliphatic hydroxyl groups is 1. The molecule has 0 fully saturated rings. The number of aliphatic hydroxyl groups excluding tert-OH is 1. The number of amides is 1. The van der Waals surface area contributed by atoms with Crippen LogP contribution in [0.3, 0.4) is 0 Å². The Labute approximate surface area is 118 Å². The number of carbonyl (C=O) groups is 1. The number of fused-ring (bicyclic) bond motifs is 1. The summed E-state index contributed by atoms with van der Waals surface area (Å²) in [5.41, 5.74) is 1.14. The second-order valence-corrected chi connectivity index (χ2v) is 6.06. The predicted octanol–water partition coefficient (Wildman–Crippen LogP) is 2.48. The average molecular weight is 281 g/mol. The molecule has 0 radical (unpaired) electrons. The van der Waals surface area contributed by atoms with Crippen LogP contribution < -0.4 is 0 Å². The summed E-state index contributed by atoms with van der Waals surface area (Å²) in [4.78, 5) is 13.7. The summed E-state index contributed by atoms with van der Waals surface area (Å²) in [6.45, 7) is 5.55. The molecule has 110 valence electrons. The molecule has 0 spiro atoms. The fourth-order valence-electron chi connectivity index (χ4n) is 2.31. The van der Waals surface area contributed by atoms with E-state index in [9.17, 15) is 14.3 Å². The second-order valence-electron chi connectivity index (χ2n) is 6.06. The molecule has 1 aliphatic heterocycles. The third-order valence-electron chi connectivity index (χ3n) is 3.24. The van der Waals surface area contributed by atoms with E-state index in [1.165, 1.54) is 17.0 Å². The first kappa shape index (κ1) is 14.8. The van der Waals surface area contributed by atoms with Crippen LogP contribution in [-0.2, 0) is 17.7 Å². The van der Waals surface area contributed by atoms with Gasteiger partial charge < -0.3 is 9.84 Å². The van der Waals surface area contributed by atoms with E-state index in [1.54, 1.807) is 26.8 Å². The van der Waals surface area contributed by atoms with Crippen LogP contribution in [0, 0.1) is 5.82 Å². The van der Waals surface area contributed by atoms with Crippen molar-refractivity contribution in [1.82, 2.24) is 4.90 Å². The lowest BCUT2D eigenvalue weighted by molar-refractivity contribution is 0.00460. The fraction of sp³-hybridized carbons (Fsp3) is 0.533. The molecular formula is C15H20FNO3. The zero-order valence-electron chi connectivity index (χ0n) is 12.0. The minimum atomic E-state index is -0.583. The van der Waals surface area contributed by atoms with Gasteiger partial charge in [-0.15, -0.1) is 0 Å². The van der Waals surface area contributed by atoms with Crippen LogP contribution in [0.2, 0.25) is 0 Å². The fourth-order valence-corrected chi connectivity index (χ4v) is 2.31. The standard InChI is InChI=1S/C15H20FNO3/c1-15(2,3)20-14(19)17-8-10-4-5-12(16)6-11(10)7-13(17)9-18/h4-6,13,18H,7-9H2,1-3H3/t13-/m0/s1. The second kappa shape index (κ2) is 5.40. The van der Waals surface area contributed by atoms with Gasteiger partial charge in [-0.1, -0.05) is 6.07 Å². The number of ether oxygens (including phenoxy) is 1. The molecule has 1 amide bonds. The van der Waals surface area contributed by atoms with E-state index in [0.717, 1.165) is 11.1 Å². The Bertz CT molecular complexity index is 510. The zero-order valence-corrected chi connectivity index (χ0v) is 12.0. The Balaban J connectivity index is 2.22. The molecular weight excluding hydrogens is 261 g/mol. The van der Waals surface area contributed by atoms with Gasteiger partial charge >= 0.3 is 6.09 Å². The molecule has 1 heterocycles. The maximum Gasteiger partial charge on any atom is 0.410 e. The predicted molar refractivity (Wildman–Crippen MR) is 72.8 cm³/mol. The molecule has 0 aromatic heterocycles. The molecule has 20 heavy (non-hydrogen) atoms. The van der Waals surface area contributed by atoms with Gasteiger partial charge in [0.15, 0.2) is 0 Å². The third kappa shape index (κ3) is 3.28. The smallest absolute Gasteiger partial charge is 0.410 e. The number of hydrogen-bond donors (Lipinski definition) is 1. The lowest BCUT2D eigenvalue weighted by Gasteiger charge is -2.36. The van der Waals surface area contributed by atoms with Gasteiger partial charge in [0.1, 0.15) is 11.4 Å². The highest BCUT2D eigenvalue weighted by Crippen LogP contribution is 2.25. The number of rotatable bonds is 1. The van der Waals surface area contributed by atoms with Crippen LogP contribution in [-0.4, -0.2) is 34.3 Å². The first-order valence-corrected chi connectivity index (χ1v) is 6.68. The molecule has 4 nitrogen and oxygen atoms in total. The largest absolute Gasteiger partial charge is 0.444 e. The highest BCUT2D eigenvalue weighted by molar-refractivity contribution is 5.69. The number of nitrogens with zero attached hydrogens (tertiary/aromatic N) is 1. The van der Waals surface area contributed by atoms with E-state index in [0.29, 0.717) is 13.0 Å². The van der Waals surface area contributed by atoms with Gasteiger partial charge in [-0.2, -0.15) is 0 Å². The normalized spacial score (nSPS) is 18.6. The Morgan fingerprint density at radius 3 is 2.75 bits per heavy atom. The van der Waals surface area contributed by atoms with Crippen molar-refractivity contribution in [2.24, 2.45) is 0 Å². The molecule has 1 aromatic carbocycles. The zero-order chi connectivity index (χ0) is 14.9. The highest BCUT2D eigenvalue weighted by Gasteiger charge is 2.32. The molecule has 5 heteroatoms. The van der Waals surface area contributed by atoms with Crippen molar-refractivity contribution in [3.8, 4) is 0 Å². The lowest BCUT2D eigenvalue weighted by Crippen LogP contribution is -2.48. The Morgan fingerprint density at radius 2 is 2.15 bits per heavy atom. The van der Waals surface area contributed by atoms with E-state index in [2.05, 4.69) is 0 Å². The van der Waals surface area contributed by atoms with Crippen LogP contribution in [0.4, 0.5) is 9.18 Å². The molecule has 1 aliphatic rings. The van der Waals surface area contributed by atoms with Crippen LogP contribution in [0.25, 0.3) is 0 Å². The first-order chi connectivity index (χ1) is 9.30. The van der Waals surface area contributed by atoms with Crippen LogP contribution in [0.1, 0.15) is 31.9 Å². The van der Waals surface area contributed by atoms with Gasteiger partial charge in [0.25, 0.3) is 0 Å². The number of benzene rings is 1. The maximum absolute atomic E-state index is 13.2. The van der Waals surface area contributed by atoms with Crippen molar-refractivity contribution in [1.29, 1.82) is 0 Å². The summed E-state index contributed by atoms with van der Waals surface area (Å²) in [7, 11) is 0. The van der Waals surface area contributed by atoms with Crippen molar-refractivity contribution in [3.05, 3.63) is 35.1 Å². The molecule has 0 aliphatic carbocycles. The minimum absolute atomic E-state index is 0.171. The Kier molecular flexibility index (Phi) is 3.99. The van der Waals surface area contributed by atoms with Gasteiger partial charge in [0.2, 0.25) is 0 Å². The number of hydrogen-bond acceptors (Lipinski definition) is 3. The molecule has 0 saturated carbocycles. The topological polar surface area (TPSA) is 49.8 Å². The number of carbonyl (C=O) groups excluding carboxylic acids is 1. The maximum atomic E-state index is 13.2. The van der Waals surface area contributed by atoms with Crippen molar-refractivity contribution in [2.45, 2.75) is 45.4 Å². The van der Waals surface area contributed by atoms with Crippen molar-refractivity contribution >= 4 is 6.09 Å². The summed E-state index contributed by atoms with van der Waals surface area (Å²) in [5, 5.41) is 9.46. The van der Waals surface area contributed by atoms with E-state index in [4.69, 9.17) is 4.74 Å². The summed E-state index contributed by atoms with van der Waals surface area (Å²) >= 11 is 0. The van der Waals surface area contributed by atoms with Crippen molar-refractivity contribution in [3.63, 3.8) is 0 Å². The summed E-state index contributed by atoms with van der Waals surface area (Å²) in [5.74, 6) is -0.300. The third-order valence-corrected chi connectivity index (χ3v) is 3.24.